The molecule has 0 aromatic heterocycles. The number of amides is 10. The average molecular weight is 1260 g/mol. The van der Waals surface area contributed by atoms with E-state index in [2.05, 4.69) is 37.2 Å². The third kappa shape index (κ3) is 23.4. The van der Waals surface area contributed by atoms with Crippen molar-refractivity contribution in [2.24, 2.45) is 41.2 Å². The van der Waals surface area contributed by atoms with E-state index in [0.717, 1.165) is 0 Å². The molecule has 3 rings (SSSR count). The van der Waals surface area contributed by atoms with Gasteiger partial charge in [0, 0.05) is 47.1 Å². The molecule has 1 aliphatic rings. The molecule has 10 amide bonds. The van der Waals surface area contributed by atoms with Gasteiger partial charge >= 0.3 is 12.1 Å². The van der Waals surface area contributed by atoms with E-state index < -0.39 is 120 Å². The van der Waals surface area contributed by atoms with Crippen LogP contribution in [0.5, 0.6) is 0 Å². The second kappa shape index (κ2) is 38.1. The highest BCUT2D eigenvalue weighted by Crippen LogP contribution is 2.31. The molecule has 1 aliphatic heterocycles. The molecule has 2 aromatic carbocycles. The molecule has 1 saturated heterocycles. The van der Waals surface area contributed by atoms with Crippen LogP contribution in [0.1, 0.15) is 152 Å². The van der Waals surface area contributed by atoms with Gasteiger partial charge in [-0.2, -0.15) is 0 Å². The molecule has 24 nitrogen and oxygen atoms in total. The Morgan fingerprint density at radius 2 is 1.31 bits per heavy atom. The molecule has 90 heavy (non-hydrogen) atoms. The fraction of sp³-hybridized carbons (Fsp3) is 0.682. The van der Waals surface area contributed by atoms with E-state index in [1.54, 1.807) is 88.0 Å². The highest BCUT2D eigenvalue weighted by atomic mass is 16.6. The summed E-state index contributed by atoms with van der Waals surface area (Å²) in [7, 11) is 7.80. The lowest BCUT2D eigenvalue weighted by Gasteiger charge is -2.41. The van der Waals surface area contributed by atoms with Gasteiger partial charge in [-0.3, -0.25) is 38.5 Å². The maximum Gasteiger partial charge on any atom is 0.410 e. The second-order valence-electron chi connectivity index (χ2n) is 25.7. The Balaban J connectivity index is 1.72. The van der Waals surface area contributed by atoms with Crippen molar-refractivity contribution < 1.29 is 62.5 Å². The van der Waals surface area contributed by atoms with E-state index in [0.29, 0.717) is 55.5 Å². The molecule has 506 valence electrons. The number of nitrogens with zero attached hydrogens (tertiary/aromatic N) is 3. The molecule has 1 fully saturated rings. The fourth-order valence-corrected chi connectivity index (χ4v) is 11.7. The van der Waals surface area contributed by atoms with Gasteiger partial charge in [0.05, 0.1) is 54.8 Å². The summed E-state index contributed by atoms with van der Waals surface area (Å²) in [6.45, 7) is 22.8. The van der Waals surface area contributed by atoms with E-state index in [-0.39, 0.29) is 67.9 Å². The quantitative estimate of drug-likeness (QED) is 0.0371. The van der Waals surface area contributed by atoms with E-state index in [9.17, 15) is 48.3 Å². The lowest BCUT2D eigenvalue weighted by Crippen LogP contribution is -2.60. The van der Waals surface area contributed by atoms with Crippen molar-refractivity contribution in [3.05, 3.63) is 65.7 Å². The Kier molecular flexibility index (Phi) is 32.7. The van der Waals surface area contributed by atoms with Gasteiger partial charge in [0.2, 0.25) is 41.4 Å². The summed E-state index contributed by atoms with van der Waals surface area (Å²) in [5.74, 6) is -4.41. The van der Waals surface area contributed by atoms with E-state index in [1.165, 1.54) is 26.2 Å². The van der Waals surface area contributed by atoms with Gasteiger partial charge in [-0.1, -0.05) is 125 Å². The molecular formula is C66H109N11O13. The highest BCUT2D eigenvalue weighted by Gasteiger charge is 2.44. The Hall–Kier alpha value is -6.89. The number of hydrogen-bond donors (Lipinski definition) is 9. The monoisotopic (exact) mass is 1260 g/mol. The number of carbonyl (C=O) groups excluding carboxylic acids is 9. The number of hydrogen-bond acceptors (Lipinski definition) is 14. The third-order valence-electron chi connectivity index (χ3n) is 17.0. The molecule has 13 atom stereocenters. The number of primary amides is 1. The highest BCUT2D eigenvalue weighted by molar-refractivity contribution is 5.99. The number of aliphatic hydroxyl groups excluding tert-OH is 1. The Morgan fingerprint density at radius 3 is 1.86 bits per heavy atom. The number of ether oxygens (including phenoxy) is 3. The van der Waals surface area contributed by atoms with Crippen molar-refractivity contribution in [3.8, 4) is 0 Å². The first-order valence-electron chi connectivity index (χ1n) is 32.0. The molecule has 10 N–H and O–H groups in total. The van der Waals surface area contributed by atoms with E-state index in [1.807, 2.05) is 73.6 Å². The third-order valence-corrected chi connectivity index (χ3v) is 17.0. The number of rotatable bonds is 37. The number of anilines is 1. The molecule has 0 aliphatic carbocycles. The molecule has 0 unspecified atom stereocenters. The topological polar surface area (TPSA) is 321 Å². The number of likely N-dealkylation sites (N-methyl/N-ethyl adjacent to an activating group) is 3. The minimum atomic E-state index is -1.07. The molecule has 0 saturated carbocycles. The molecule has 1 heterocycles. The maximum atomic E-state index is 14.8. The summed E-state index contributed by atoms with van der Waals surface area (Å²) in [6.07, 6.45) is -0.0597. The smallest absolute Gasteiger partial charge is 0.410 e. The van der Waals surface area contributed by atoms with Crippen LogP contribution in [0.3, 0.4) is 0 Å². The molecule has 2 aromatic rings. The van der Waals surface area contributed by atoms with Crippen LogP contribution in [0.4, 0.5) is 15.3 Å². The van der Waals surface area contributed by atoms with Crippen LogP contribution in [-0.2, 0) is 54.4 Å². The Morgan fingerprint density at radius 1 is 0.711 bits per heavy atom. The molecule has 0 bridgehead atoms. The van der Waals surface area contributed by atoms with Crippen molar-refractivity contribution in [1.82, 2.24) is 46.6 Å². The number of urea groups is 1. The largest absolute Gasteiger partial charge is 0.445 e. The van der Waals surface area contributed by atoms with Gasteiger partial charge in [0.25, 0.3) is 0 Å². The Bertz CT molecular complexity index is 2610. The van der Waals surface area contributed by atoms with Crippen LogP contribution >= 0.6 is 0 Å². The summed E-state index contributed by atoms with van der Waals surface area (Å²) in [5.41, 5.74) is 6.84. The van der Waals surface area contributed by atoms with Crippen molar-refractivity contribution in [2.45, 2.75) is 208 Å². The Labute approximate surface area is 534 Å². The second-order valence-corrected chi connectivity index (χ2v) is 25.7. The summed E-state index contributed by atoms with van der Waals surface area (Å²) in [4.78, 5) is 128. The van der Waals surface area contributed by atoms with E-state index >= 15 is 0 Å². The first kappa shape index (κ1) is 77.4. The number of likely N-dealkylation sites (tertiary alicyclic amines) is 1. The number of carbonyl (C=O) groups is 9. The van der Waals surface area contributed by atoms with E-state index in [4.69, 9.17) is 19.9 Å². The lowest BCUT2D eigenvalue weighted by atomic mass is 9.89. The summed E-state index contributed by atoms with van der Waals surface area (Å²) in [6, 6.07) is 8.53. The predicted molar refractivity (Wildman–Crippen MR) is 346 cm³/mol. The standard InChI is InChI=1S/C66H109N11O13/c1-18-42(10)56(52(88-16)36-53(78)77-33-23-27-51(77)58(89-17)43(11)59(80)70-44(12)57(79)46-24-20-19-21-25-46)75(14)64(85)54(40(6)7)74-63(84)55(41(8)9)76(15)66(87)90-37-45-28-30-47(31-29-45)71-60(81)48(26-22-32-69-65(67)86)72-62(83)50(35-39(4)5)73-61(82)49(68-13)34-38(2)3/h19-21,24-25,28-31,38-44,48-52,54-58,68,79H,18,22-23,26-27,32-37H2,1-17H3,(H,70,80)(H,71,81)(H,72,83)(H,73,82)(H,74,84)(H3,67,69,86)/t42-,43+,44+,48-,49+,50-,51-,52+,54-,55-,56-,57+,58+/m0/s1. The zero-order valence-electron chi connectivity index (χ0n) is 56.6. The number of benzene rings is 2. The van der Waals surface area contributed by atoms with Crippen molar-refractivity contribution in [1.29, 1.82) is 0 Å². The summed E-state index contributed by atoms with van der Waals surface area (Å²) >= 11 is 0. The number of methoxy groups -OCH3 is 2. The normalized spacial score (nSPS) is 17.3. The number of nitrogens with two attached hydrogens (primary N) is 1. The number of nitrogens with one attached hydrogen (secondary N) is 7. The molecular weight excluding hydrogens is 1150 g/mol. The number of aliphatic hydroxyl groups is 1. The molecule has 24 heteroatoms. The van der Waals surface area contributed by atoms with Crippen LogP contribution in [-0.4, -0.2) is 182 Å². The van der Waals surface area contributed by atoms with Gasteiger partial charge in [-0.15, -0.1) is 0 Å². The fourth-order valence-electron chi connectivity index (χ4n) is 11.7. The minimum Gasteiger partial charge on any atom is -0.445 e. The van der Waals surface area contributed by atoms with Gasteiger partial charge < -0.3 is 72.1 Å². The van der Waals surface area contributed by atoms with Gasteiger partial charge in [0.1, 0.15) is 30.8 Å². The predicted octanol–water partition coefficient (Wildman–Crippen LogP) is 5.62. The lowest BCUT2D eigenvalue weighted by molar-refractivity contribution is -0.148. The zero-order valence-corrected chi connectivity index (χ0v) is 56.6. The first-order valence-corrected chi connectivity index (χ1v) is 32.0. The van der Waals surface area contributed by atoms with Crippen molar-refractivity contribution >= 4 is 59.2 Å². The van der Waals surface area contributed by atoms with Crippen LogP contribution in [0.25, 0.3) is 0 Å². The molecule has 0 radical (unpaired) electrons. The summed E-state index contributed by atoms with van der Waals surface area (Å²) in [5, 5.41) is 30.9. The maximum absolute atomic E-state index is 14.8. The van der Waals surface area contributed by atoms with Gasteiger partial charge in [-0.25, -0.2) is 9.59 Å². The zero-order chi connectivity index (χ0) is 67.7. The van der Waals surface area contributed by atoms with Crippen LogP contribution in [0.15, 0.2) is 54.6 Å². The summed E-state index contributed by atoms with van der Waals surface area (Å²) < 4.78 is 17.8. The van der Waals surface area contributed by atoms with Crippen LogP contribution in [0.2, 0.25) is 0 Å². The van der Waals surface area contributed by atoms with Gasteiger partial charge in [-0.05, 0) is 105 Å². The average Bonchev–Trinajstić information content (AvgIpc) is 1.61. The molecule has 0 spiro atoms. The van der Waals surface area contributed by atoms with Crippen molar-refractivity contribution in [2.75, 3.05) is 53.8 Å². The minimum absolute atomic E-state index is 0.0249. The van der Waals surface area contributed by atoms with Gasteiger partial charge in [0.15, 0.2) is 0 Å². The SMILES string of the molecule is CC[C@H](C)[C@@H]([C@@H](CC(=O)N1CCC[C@H]1[C@H](OC)[C@@H](C)C(=O)N[C@H](C)[C@@H](O)c1ccccc1)OC)N(C)C(=O)[C@@H](NC(=O)[C@H](C(C)C)N(C)C(=O)OCc1ccc(NC(=O)[C@H](CCCNC(N)=O)NC(=O)[C@H](CC(C)C)NC(=O)[C@@H](CC(C)C)NC)cc1)C(C)C. The van der Waals surface area contributed by atoms with Crippen LogP contribution in [0, 0.1) is 35.5 Å². The van der Waals surface area contributed by atoms with Crippen molar-refractivity contribution in [3.63, 3.8) is 0 Å². The first-order chi connectivity index (χ1) is 42.4. The van der Waals surface area contributed by atoms with Crippen LogP contribution < -0.4 is 43.0 Å².